The fourth-order valence-corrected chi connectivity index (χ4v) is 1.25. The van der Waals surface area contributed by atoms with Crippen LogP contribution in [0.3, 0.4) is 0 Å². The van der Waals surface area contributed by atoms with E-state index in [9.17, 15) is 9.13 Å². The lowest BCUT2D eigenvalue weighted by atomic mass is 10.8. The van der Waals surface area contributed by atoms with Crippen LogP contribution in [-0.4, -0.2) is 28.0 Å². The van der Waals surface area contributed by atoms with Gasteiger partial charge in [-0.2, -0.15) is 4.31 Å². The highest BCUT2D eigenvalue weighted by molar-refractivity contribution is 7.60. The molecule has 0 atom stereocenters. The van der Waals surface area contributed by atoms with Gasteiger partial charge >= 0.3 is 15.6 Å². The van der Waals surface area contributed by atoms with E-state index in [1.807, 2.05) is 0 Å². The molecule has 0 unspecified atom stereocenters. The van der Waals surface area contributed by atoms with Crippen molar-refractivity contribution in [1.82, 2.24) is 0 Å². The second-order valence-electron chi connectivity index (χ2n) is 1.06. The van der Waals surface area contributed by atoms with Crippen LogP contribution < -0.4 is 0 Å². The molecule has 3 radical (unpaired) electrons. The zero-order chi connectivity index (χ0) is 7.71. The summed E-state index contributed by atoms with van der Waals surface area (Å²) in [7, 11) is -10.1. The molecule has 0 heterocycles. The van der Waals surface area contributed by atoms with Crippen LogP contribution in [0.2, 0.25) is 0 Å². The van der Waals surface area contributed by atoms with Gasteiger partial charge in [-0.05, 0) is 0 Å². The largest absolute Gasteiger partial charge is 0.478 e. The standard InChI is InChI=1S/B.H4O7P2/c;1-8(2,3)7-9(4,5)6/h;(H2,1,2,3)(H2,4,5,6). The third kappa shape index (κ3) is 11.2. The van der Waals surface area contributed by atoms with Gasteiger partial charge in [0.1, 0.15) is 0 Å². The Morgan fingerprint density at radius 3 is 1.10 bits per heavy atom. The quantitative estimate of drug-likeness (QED) is 0.317. The first kappa shape index (κ1) is 13.0. The summed E-state index contributed by atoms with van der Waals surface area (Å²) in [5.41, 5.74) is 0. The summed E-state index contributed by atoms with van der Waals surface area (Å²) in [5.74, 6) is 0. The second kappa shape index (κ2) is 3.64. The van der Waals surface area contributed by atoms with E-state index in [2.05, 4.69) is 4.31 Å². The molecular formula is H4BO7P2. The van der Waals surface area contributed by atoms with Crippen molar-refractivity contribution in [3.63, 3.8) is 0 Å². The molecule has 0 aromatic heterocycles. The fourth-order valence-electron chi connectivity index (χ4n) is 0.139. The first-order chi connectivity index (χ1) is 3.71. The molecule has 0 aromatic carbocycles. The van der Waals surface area contributed by atoms with Crippen molar-refractivity contribution in [1.29, 1.82) is 0 Å². The highest BCUT2D eigenvalue weighted by atomic mass is 31.3. The molecule has 4 N–H and O–H groups in total. The smallest absolute Gasteiger partial charge is 0.302 e. The second-order valence-corrected chi connectivity index (χ2v) is 3.68. The first-order valence-electron chi connectivity index (χ1n) is 1.53. The van der Waals surface area contributed by atoms with Crippen molar-refractivity contribution < 1.29 is 33.0 Å². The van der Waals surface area contributed by atoms with Gasteiger partial charge in [0.2, 0.25) is 0 Å². The zero-order valence-electron chi connectivity index (χ0n) is 4.49. The molecule has 0 aliphatic rings. The fraction of sp³-hybridized carbons (Fsp3) is 0. The molecule has 10 heavy (non-hydrogen) atoms. The predicted octanol–water partition coefficient (Wildman–Crippen LogP) is -1.19. The number of hydrogen-bond donors (Lipinski definition) is 4. The normalized spacial score (nSPS) is 12.4. The molecule has 0 spiro atoms. The van der Waals surface area contributed by atoms with Gasteiger partial charge in [0.05, 0.1) is 0 Å². The minimum absolute atomic E-state index is 0. The van der Waals surface area contributed by atoms with E-state index in [1.165, 1.54) is 0 Å². The summed E-state index contributed by atoms with van der Waals surface area (Å²) in [6.45, 7) is 0. The summed E-state index contributed by atoms with van der Waals surface area (Å²) in [4.78, 5) is 31.0. The first-order valence-corrected chi connectivity index (χ1v) is 4.59. The SMILES string of the molecule is O=P(O)(O)OP(=O)(O)O.[B]. The lowest BCUT2D eigenvalue weighted by Crippen LogP contribution is -1.84. The highest BCUT2D eigenvalue weighted by Crippen LogP contribution is 2.53. The van der Waals surface area contributed by atoms with Gasteiger partial charge in [0, 0.05) is 8.41 Å². The molecule has 0 aromatic rings. The lowest BCUT2D eigenvalue weighted by Gasteiger charge is -2.03. The third-order valence-corrected chi connectivity index (χ3v) is 1.91. The van der Waals surface area contributed by atoms with Crippen molar-refractivity contribution in [2.45, 2.75) is 0 Å². The Bertz CT molecular complexity index is 152. The highest BCUT2D eigenvalue weighted by Gasteiger charge is 2.27. The molecule has 0 fully saturated rings. The van der Waals surface area contributed by atoms with Gasteiger partial charge in [-0.25, -0.2) is 9.13 Å². The zero-order valence-corrected chi connectivity index (χ0v) is 6.27. The Balaban J connectivity index is 0. The van der Waals surface area contributed by atoms with E-state index in [-0.39, 0.29) is 8.41 Å². The minimum Gasteiger partial charge on any atom is -0.302 e. The molecule has 7 nitrogen and oxygen atoms in total. The molecule has 0 saturated heterocycles. The maximum Gasteiger partial charge on any atom is 0.478 e. The van der Waals surface area contributed by atoms with Gasteiger partial charge in [0.15, 0.2) is 0 Å². The van der Waals surface area contributed by atoms with Gasteiger partial charge in [-0.1, -0.05) is 0 Å². The van der Waals surface area contributed by atoms with Crippen molar-refractivity contribution in [3.05, 3.63) is 0 Å². The predicted molar refractivity (Wildman–Crippen MR) is 30.9 cm³/mol. The molecular weight excluding hydrogens is 185 g/mol. The van der Waals surface area contributed by atoms with Crippen LogP contribution in [0.25, 0.3) is 0 Å². The van der Waals surface area contributed by atoms with Crippen molar-refractivity contribution in [3.8, 4) is 0 Å². The Kier molecular flexibility index (Phi) is 4.72. The van der Waals surface area contributed by atoms with Crippen LogP contribution in [0.5, 0.6) is 0 Å². The van der Waals surface area contributed by atoms with Gasteiger partial charge in [-0.3, -0.25) is 0 Å². The molecule has 59 valence electrons. The van der Waals surface area contributed by atoms with Crippen LogP contribution in [0.4, 0.5) is 0 Å². The van der Waals surface area contributed by atoms with Crippen molar-refractivity contribution in [2.24, 2.45) is 0 Å². The third-order valence-electron chi connectivity index (χ3n) is 0.213. The van der Waals surface area contributed by atoms with Crippen LogP contribution in [0, 0.1) is 0 Å². The summed E-state index contributed by atoms with van der Waals surface area (Å²) in [6.07, 6.45) is 0. The summed E-state index contributed by atoms with van der Waals surface area (Å²) >= 11 is 0. The Hall–Kier alpha value is 0.325. The molecule has 0 aliphatic heterocycles. The summed E-state index contributed by atoms with van der Waals surface area (Å²) in [5, 5.41) is 0. The van der Waals surface area contributed by atoms with Crippen LogP contribution in [0.1, 0.15) is 0 Å². The number of hydrogen-bond acceptors (Lipinski definition) is 3. The van der Waals surface area contributed by atoms with E-state index in [1.54, 1.807) is 0 Å². The lowest BCUT2D eigenvalue weighted by molar-refractivity contribution is 0.225. The molecule has 0 saturated carbocycles. The maximum absolute atomic E-state index is 9.63. The van der Waals surface area contributed by atoms with Gasteiger partial charge in [0.25, 0.3) is 0 Å². The Labute approximate surface area is 58.1 Å². The van der Waals surface area contributed by atoms with Gasteiger partial charge < -0.3 is 19.6 Å². The van der Waals surface area contributed by atoms with E-state index in [4.69, 9.17) is 19.6 Å². The monoisotopic (exact) mass is 189 g/mol. The topological polar surface area (TPSA) is 124 Å². The summed E-state index contributed by atoms with van der Waals surface area (Å²) in [6, 6.07) is 0. The van der Waals surface area contributed by atoms with Crippen LogP contribution >= 0.6 is 15.6 Å². The molecule has 0 amide bonds. The van der Waals surface area contributed by atoms with Crippen molar-refractivity contribution >= 4 is 24.1 Å². The molecule has 0 bridgehead atoms. The van der Waals surface area contributed by atoms with Gasteiger partial charge in [-0.15, -0.1) is 0 Å². The molecule has 0 rings (SSSR count). The average molecular weight is 189 g/mol. The average Bonchev–Trinajstić information content (AvgIpc) is 1.14. The van der Waals surface area contributed by atoms with Crippen LogP contribution in [-0.2, 0) is 13.4 Å². The minimum atomic E-state index is -5.05. The molecule has 0 aliphatic carbocycles. The van der Waals surface area contributed by atoms with Crippen molar-refractivity contribution in [2.75, 3.05) is 0 Å². The number of phosphoric acid groups is 2. The Morgan fingerprint density at radius 1 is 0.900 bits per heavy atom. The van der Waals surface area contributed by atoms with E-state index >= 15 is 0 Å². The molecule has 10 heteroatoms. The number of rotatable bonds is 2. The Morgan fingerprint density at radius 2 is 1.10 bits per heavy atom. The van der Waals surface area contributed by atoms with E-state index in [0.717, 1.165) is 0 Å². The van der Waals surface area contributed by atoms with E-state index < -0.39 is 15.6 Å². The summed E-state index contributed by atoms with van der Waals surface area (Å²) < 4.78 is 22.2. The van der Waals surface area contributed by atoms with Crippen LogP contribution in [0.15, 0.2) is 0 Å². The maximum atomic E-state index is 9.63. The van der Waals surface area contributed by atoms with E-state index in [0.29, 0.717) is 0 Å².